The second kappa shape index (κ2) is 5.84. The third-order valence-corrected chi connectivity index (χ3v) is 3.65. The van der Waals surface area contributed by atoms with Gasteiger partial charge in [-0.15, -0.1) is 6.07 Å². The molecular formula is C15H20NOY-. The summed E-state index contributed by atoms with van der Waals surface area (Å²) in [5.74, 6) is 0.703. The van der Waals surface area contributed by atoms with Crippen LogP contribution >= 0.6 is 0 Å². The van der Waals surface area contributed by atoms with E-state index in [1.165, 1.54) is 5.56 Å². The summed E-state index contributed by atoms with van der Waals surface area (Å²) in [5.41, 5.74) is 2.02. The summed E-state index contributed by atoms with van der Waals surface area (Å²) in [4.78, 5) is 13.9. The van der Waals surface area contributed by atoms with Gasteiger partial charge in [-0.25, -0.2) is 0 Å². The van der Waals surface area contributed by atoms with Crippen LogP contribution in [0.2, 0.25) is 0 Å². The summed E-state index contributed by atoms with van der Waals surface area (Å²) in [6.07, 6.45) is 2.04. The number of hydrogen-bond donors (Lipinski definition) is 0. The molecule has 1 saturated carbocycles. The first kappa shape index (κ1) is 15.9. The van der Waals surface area contributed by atoms with Crippen molar-refractivity contribution in [2.24, 2.45) is 5.41 Å². The molecule has 1 amide bonds. The minimum atomic E-state index is -0.106. The molecule has 1 aliphatic carbocycles. The minimum Gasteiger partial charge on any atom is -0.369 e. The van der Waals surface area contributed by atoms with Crippen molar-refractivity contribution in [3.8, 4) is 0 Å². The van der Waals surface area contributed by atoms with Crippen molar-refractivity contribution < 1.29 is 37.5 Å². The molecule has 2 nitrogen and oxygen atoms in total. The van der Waals surface area contributed by atoms with Gasteiger partial charge in [0, 0.05) is 45.2 Å². The van der Waals surface area contributed by atoms with Gasteiger partial charge >= 0.3 is 0 Å². The second-order valence-corrected chi connectivity index (χ2v) is 5.58. The largest absolute Gasteiger partial charge is 0.369 e. The fourth-order valence-electron chi connectivity index (χ4n) is 1.92. The van der Waals surface area contributed by atoms with Gasteiger partial charge in [0.2, 0.25) is 5.91 Å². The van der Waals surface area contributed by atoms with Crippen molar-refractivity contribution in [3.63, 3.8) is 0 Å². The molecule has 1 fully saturated rings. The monoisotopic (exact) mass is 319 g/mol. The molecule has 0 atom stereocenters. The van der Waals surface area contributed by atoms with Crippen LogP contribution in [0.15, 0.2) is 18.2 Å². The normalized spacial score (nSPS) is 16.1. The van der Waals surface area contributed by atoms with Crippen molar-refractivity contribution in [3.05, 3.63) is 29.8 Å². The molecular weight excluding hydrogens is 299 g/mol. The summed E-state index contributed by atoms with van der Waals surface area (Å²) in [6, 6.07) is 9.23. The van der Waals surface area contributed by atoms with Crippen molar-refractivity contribution in [1.82, 2.24) is 0 Å². The van der Waals surface area contributed by atoms with E-state index in [2.05, 4.69) is 26.0 Å². The van der Waals surface area contributed by atoms with Crippen LogP contribution < -0.4 is 4.90 Å². The van der Waals surface area contributed by atoms with Crippen LogP contribution in [-0.2, 0) is 37.5 Å². The quantitative estimate of drug-likeness (QED) is 0.782. The first-order valence-corrected chi connectivity index (χ1v) is 6.24. The Balaban J connectivity index is 0.00000162. The van der Waals surface area contributed by atoms with E-state index in [1.807, 2.05) is 26.1 Å². The van der Waals surface area contributed by atoms with Crippen molar-refractivity contribution in [2.75, 3.05) is 11.9 Å². The van der Waals surface area contributed by atoms with Crippen molar-refractivity contribution >= 4 is 11.6 Å². The summed E-state index contributed by atoms with van der Waals surface area (Å²) in [7, 11) is 1.85. The van der Waals surface area contributed by atoms with Gasteiger partial charge in [0.05, 0.1) is 0 Å². The topological polar surface area (TPSA) is 20.3 Å². The Morgan fingerprint density at radius 2 is 2.00 bits per heavy atom. The summed E-state index contributed by atoms with van der Waals surface area (Å²) in [5, 5.41) is 0. The Morgan fingerprint density at radius 1 is 1.39 bits per heavy atom. The number of amides is 1. The van der Waals surface area contributed by atoms with E-state index in [0.717, 1.165) is 18.5 Å². The Labute approximate surface area is 135 Å². The van der Waals surface area contributed by atoms with Crippen LogP contribution in [0.25, 0.3) is 0 Å². The van der Waals surface area contributed by atoms with Crippen molar-refractivity contribution in [2.45, 2.75) is 39.5 Å². The molecule has 0 aliphatic heterocycles. The molecule has 0 unspecified atom stereocenters. The van der Waals surface area contributed by atoms with Crippen molar-refractivity contribution in [1.29, 1.82) is 0 Å². The summed E-state index contributed by atoms with van der Waals surface area (Å²) in [6.45, 7) is 6.33. The number of benzene rings is 1. The molecule has 0 N–H and O–H groups in total. The number of carbonyl (C=O) groups is 1. The molecule has 1 aromatic rings. The number of hydrogen-bond acceptors (Lipinski definition) is 1. The van der Waals surface area contributed by atoms with Gasteiger partial charge in [-0.2, -0.15) is 23.8 Å². The molecule has 0 heterocycles. The molecule has 2 rings (SSSR count). The number of anilines is 1. The van der Waals surface area contributed by atoms with Gasteiger partial charge in [0.15, 0.2) is 0 Å². The van der Waals surface area contributed by atoms with Crippen LogP contribution in [0, 0.1) is 11.5 Å². The van der Waals surface area contributed by atoms with Crippen LogP contribution in [0.4, 0.5) is 5.69 Å². The Kier molecular flexibility index (Phi) is 5.14. The predicted molar refractivity (Wildman–Crippen MR) is 70.1 cm³/mol. The number of carbonyl (C=O) groups excluding carboxylic acids is 1. The van der Waals surface area contributed by atoms with E-state index >= 15 is 0 Å². The maximum atomic E-state index is 12.2. The first-order valence-electron chi connectivity index (χ1n) is 6.24. The standard InChI is InChI=1S/C15H20NO.Y/c1-11(2)12-5-7-13(8-6-12)16(4)14(17)15(3)9-10-15;/h5,7-8,11H,9-10H2,1-4H3;/q-1;. The molecule has 1 radical (unpaired) electrons. The van der Waals surface area contributed by atoms with E-state index in [-0.39, 0.29) is 44.0 Å². The predicted octanol–water partition coefficient (Wildman–Crippen LogP) is 3.37. The molecule has 0 saturated heterocycles. The Morgan fingerprint density at radius 3 is 2.39 bits per heavy atom. The van der Waals surface area contributed by atoms with E-state index in [0.29, 0.717) is 5.92 Å². The zero-order chi connectivity index (χ0) is 12.6. The zero-order valence-corrected chi connectivity index (χ0v) is 14.5. The fourth-order valence-corrected chi connectivity index (χ4v) is 1.92. The van der Waals surface area contributed by atoms with Gasteiger partial charge in [0.25, 0.3) is 0 Å². The van der Waals surface area contributed by atoms with E-state index < -0.39 is 0 Å². The molecule has 0 aromatic heterocycles. The molecule has 95 valence electrons. The third kappa shape index (κ3) is 3.21. The van der Waals surface area contributed by atoms with Crippen LogP contribution in [0.1, 0.15) is 45.1 Å². The number of rotatable bonds is 3. The van der Waals surface area contributed by atoms with E-state index in [1.54, 1.807) is 4.90 Å². The molecule has 1 aliphatic rings. The average molecular weight is 319 g/mol. The Hall–Kier alpha value is -0.206. The zero-order valence-electron chi connectivity index (χ0n) is 11.7. The maximum absolute atomic E-state index is 12.2. The van der Waals surface area contributed by atoms with Crippen LogP contribution in [0.5, 0.6) is 0 Å². The van der Waals surface area contributed by atoms with E-state index in [4.69, 9.17) is 0 Å². The maximum Gasteiger partial charge on any atom is 0.221 e. The minimum absolute atomic E-state index is 0. The molecule has 0 bridgehead atoms. The average Bonchev–Trinajstić information content (AvgIpc) is 3.07. The molecule has 1 aromatic carbocycles. The van der Waals surface area contributed by atoms with Gasteiger partial charge in [-0.3, -0.25) is 4.79 Å². The SMILES string of the molecule is CC(C)c1[c-]cc(N(C)C(=O)C2(C)CC2)cc1.[Y]. The molecule has 3 heteroatoms. The molecule has 18 heavy (non-hydrogen) atoms. The fraction of sp³-hybridized carbons (Fsp3) is 0.533. The smallest absolute Gasteiger partial charge is 0.221 e. The van der Waals surface area contributed by atoms with Gasteiger partial charge < -0.3 is 4.90 Å². The van der Waals surface area contributed by atoms with E-state index in [9.17, 15) is 4.79 Å². The summed E-state index contributed by atoms with van der Waals surface area (Å²) < 4.78 is 0. The van der Waals surface area contributed by atoms with Gasteiger partial charge in [-0.05, 0) is 18.8 Å². The summed E-state index contributed by atoms with van der Waals surface area (Å²) >= 11 is 0. The third-order valence-electron chi connectivity index (χ3n) is 3.65. The van der Waals surface area contributed by atoms with Gasteiger partial charge in [-0.1, -0.05) is 26.5 Å². The van der Waals surface area contributed by atoms with Crippen LogP contribution in [-0.4, -0.2) is 13.0 Å². The first-order chi connectivity index (χ1) is 7.94. The van der Waals surface area contributed by atoms with Gasteiger partial charge in [0.1, 0.15) is 0 Å². The van der Waals surface area contributed by atoms with Crippen LogP contribution in [0.3, 0.4) is 0 Å². The number of nitrogens with zero attached hydrogens (tertiary/aromatic N) is 1. The Bertz CT molecular complexity index is 421. The molecule has 0 spiro atoms. The second-order valence-electron chi connectivity index (χ2n) is 5.58.